The zero-order valence-electron chi connectivity index (χ0n) is 9.86. The SMILES string of the molecule is Cn1cc(CCC(=O)c2cccc(F)c2Br)cn1. The van der Waals surface area contributed by atoms with Crippen LogP contribution in [-0.2, 0) is 13.5 Å². The molecule has 3 nitrogen and oxygen atoms in total. The topological polar surface area (TPSA) is 34.9 Å². The van der Waals surface area contributed by atoms with Gasteiger partial charge in [0, 0.05) is 25.2 Å². The van der Waals surface area contributed by atoms with Crippen molar-refractivity contribution in [2.45, 2.75) is 12.8 Å². The van der Waals surface area contributed by atoms with E-state index in [-0.39, 0.29) is 10.3 Å². The molecule has 0 bridgehead atoms. The second-order valence-corrected chi connectivity index (χ2v) is 4.84. The van der Waals surface area contributed by atoms with Gasteiger partial charge in [0.2, 0.25) is 0 Å². The minimum atomic E-state index is -0.415. The summed E-state index contributed by atoms with van der Waals surface area (Å²) in [6, 6.07) is 4.48. The summed E-state index contributed by atoms with van der Waals surface area (Å²) in [4.78, 5) is 12.0. The van der Waals surface area contributed by atoms with Crippen LogP contribution in [0.2, 0.25) is 0 Å². The van der Waals surface area contributed by atoms with Crippen LogP contribution in [0.5, 0.6) is 0 Å². The second-order valence-electron chi connectivity index (χ2n) is 4.05. The molecule has 1 aromatic carbocycles. The summed E-state index contributed by atoms with van der Waals surface area (Å²) in [7, 11) is 1.83. The number of rotatable bonds is 4. The van der Waals surface area contributed by atoms with Gasteiger partial charge in [-0.1, -0.05) is 12.1 Å². The number of hydrogen-bond donors (Lipinski definition) is 0. The minimum Gasteiger partial charge on any atom is -0.294 e. The second kappa shape index (κ2) is 5.44. The van der Waals surface area contributed by atoms with Crippen molar-refractivity contribution in [3.05, 3.63) is 52.0 Å². The first-order valence-corrected chi connectivity index (χ1v) is 6.32. The van der Waals surface area contributed by atoms with E-state index in [1.165, 1.54) is 12.1 Å². The van der Waals surface area contributed by atoms with Crippen molar-refractivity contribution in [3.8, 4) is 0 Å². The van der Waals surface area contributed by atoms with Crippen molar-refractivity contribution in [3.63, 3.8) is 0 Å². The molecule has 0 spiro atoms. The van der Waals surface area contributed by atoms with Gasteiger partial charge in [0.25, 0.3) is 0 Å². The van der Waals surface area contributed by atoms with Crippen molar-refractivity contribution in [2.75, 3.05) is 0 Å². The van der Waals surface area contributed by atoms with Gasteiger partial charge in [0.1, 0.15) is 5.82 Å². The van der Waals surface area contributed by atoms with Gasteiger partial charge in [-0.15, -0.1) is 0 Å². The quantitative estimate of drug-likeness (QED) is 0.813. The molecule has 0 unspecified atom stereocenters. The lowest BCUT2D eigenvalue weighted by atomic mass is 10.0. The Morgan fingerprint density at radius 2 is 2.28 bits per heavy atom. The number of benzene rings is 1. The standard InChI is InChI=1S/C13H12BrFN2O/c1-17-8-9(7-16-17)5-6-12(18)10-3-2-4-11(15)13(10)14/h2-4,7-8H,5-6H2,1H3. The average Bonchev–Trinajstić information content (AvgIpc) is 2.76. The molecule has 1 aromatic heterocycles. The molecule has 0 aliphatic rings. The van der Waals surface area contributed by atoms with E-state index in [0.717, 1.165) is 5.56 Å². The van der Waals surface area contributed by atoms with Gasteiger partial charge in [0.15, 0.2) is 5.78 Å². The number of halogens is 2. The molecule has 0 aliphatic heterocycles. The molecular weight excluding hydrogens is 299 g/mol. The Kier molecular flexibility index (Phi) is 3.91. The molecule has 0 saturated heterocycles. The molecule has 0 amide bonds. The van der Waals surface area contributed by atoms with Gasteiger partial charge in [-0.05, 0) is 34.0 Å². The van der Waals surface area contributed by atoms with Crippen LogP contribution < -0.4 is 0 Å². The van der Waals surface area contributed by atoms with Crippen molar-refractivity contribution in [2.24, 2.45) is 7.05 Å². The third kappa shape index (κ3) is 2.85. The molecule has 0 fully saturated rings. The first-order chi connectivity index (χ1) is 8.58. The van der Waals surface area contributed by atoms with Crippen LogP contribution in [-0.4, -0.2) is 15.6 Å². The van der Waals surface area contributed by atoms with Gasteiger partial charge >= 0.3 is 0 Å². The van der Waals surface area contributed by atoms with E-state index in [9.17, 15) is 9.18 Å². The summed E-state index contributed by atoms with van der Waals surface area (Å²) in [6.07, 6.45) is 4.55. The fourth-order valence-corrected chi connectivity index (χ4v) is 2.20. The number of nitrogens with zero attached hydrogens (tertiary/aromatic N) is 2. The fourth-order valence-electron chi connectivity index (χ4n) is 1.71. The normalized spacial score (nSPS) is 10.6. The van der Waals surface area contributed by atoms with E-state index < -0.39 is 5.82 Å². The van der Waals surface area contributed by atoms with Crippen molar-refractivity contribution in [1.29, 1.82) is 0 Å². The van der Waals surface area contributed by atoms with Crippen molar-refractivity contribution < 1.29 is 9.18 Å². The van der Waals surface area contributed by atoms with E-state index in [1.54, 1.807) is 16.9 Å². The van der Waals surface area contributed by atoms with Gasteiger partial charge < -0.3 is 0 Å². The van der Waals surface area contributed by atoms with Crippen LogP contribution in [0.25, 0.3) is 0 Å². The third-order valence-electron chi connectivity index (χ3n) is 2.65. The lowest BCUT2D eigenvalue weighted by Gasteiger charge is -2.03. The number of Topliss-reactive ketones (excluding diaryl/α,β-unsaturated/α-hetero) is 1. The molecule has 0 saturated carbocycles. The molecule has 1 heterocycles. The van der Waals surface area contributed by atoms with Gasteiger partial charge in [0.05, 0.1) is 10.7 Å². The Hall–Kier alpha value is -1.49. The number of aryl methyl sites for hydroxylation is 2. The molecule has 0 radical (unpaired) electrons. The number of ketones is 1. The minimum absolute atomic E-state index is 0.0785. The molecule has 2 rings (SSSR count). The average molecular weight is 311 g/mol. The van der Waals surface area contributed by atoms with Gasteiger partial charge in [-0.25, -0.2) is 4.39 Å². The third-order valence-corrected chi connectivity index (χ3v) is 3.46. The summed E-state index contributed by atoms with van der Waals surface area (Å²) >= 11 is 3.10. The smallest absolute Gasteiger partial charge is 0.164 e. The summed E-state index contributed by atoms with van der Waals surface area (Å²) in [6.45, 7) is 0. The van der Waals surface area contributed by atoms with E-state index >= 15 is 0 Å². The van der Waals surface area contributed by atoms with E-state index in [1.807, 2.05) is 13.2 Å². The number of carbonyl (C=O) groups is 1. The van der Waals surface area contributed by atoms with E-state index in [0.29, 0.717) is 18.4 Å². The molecule has 18 heavy (non-hydrogen) atoms. The molecule has 0 atom stereocenters. The Morgan fingerprint density at radius 3 is 2.94 bits per heavy atom. The lowest BCUT2D eigenvalue weighted by molar-refractivity contribution is 0.0981. The predicted octanol–water partition coefficient (Wildman–Crippen LogP) is 3.14. The maximum atomic E-state index is 13.3. The summed E-state index contributed by atoms with van der Waals surface area (Å²) in [5.74, 6) is -0.493. The molecule has 5 heteroatoms. The zero-order valence-corrected chi connectivity index (χ0v) is 11.4. The zero-order chi connectivity index (χ0) is 13.1. The Balaban J connectivity index is 2.06. The van der Waals surface area contributed by atoms with Crippen LogP contribution >= 0.6 is 15.9 Å². The van der Waals surface area contributed by atoms with Gasteiger partial charge in [-0.2, -0.15) is 5.10 Å². The molecule has 2 aromatic rings. The monoisotopic (exact) mass is 310 g/mol. The van der Waals surface area contributed by atoms with Crippen LogP contribution in [0, 0.1) is 5.82 Å². The summed E-state index contributed by atoms with van der Waals surface area (Å²) < 4.78 is 15.2. The van der Waals surface area contributed by atoms with Crippen LogP contribution in [0.1, 0.15) is 22.3 Å². The van der Waals surface area contributed by atoms with Crippen molar-refractivity contribution >= 4 is 21.7 Å². The number of hydrogen-bond acceptors (Lipinski definition) is 2. The number of aromatic nitrogens is 2. The molecular formula is C13H12BrFN2O. The number of carbonyl (C=O) groups excluding carboxylic acids is 1. The summed E-state index contributed by atoms with van der Waals surface area (Å²) in [5.41, 5.74) is 1.39. The Morgan fingerprint density at radius 1 is 1.50 bits per heavy atom. The maximum Gasteiger partial charge on any atom is 0.164 e. The highest BCUT2D eigenvalue weighted by molar-refractivity contribution is 9.10. The van der Waals surface area contributed by atoms with Crippen LogP contribution in [0.15, 0.2) is 35.1 Å². The highest BCUT2D eigenvalue weighted by Crippen LogP contribution is 2.22. The predicted molar refractivity (Wildman–Crippen MR) is 70.0 cm³/mol. The van der Waals surface area contributed by atoms with Crippen molar-refractivity contribution in [1.82, 2.24) is 9.78 Å². The fraction of sp³-hybridized carbons (Fsp3) is 0.231. The summed E-state index contributed by atoms with van der Waals surface area (Å²) in [5, 5.41) is 4.04. The van der Waals surface area contributed by atoms with E-state index in [2.05, 4.69) is 21.0 Å². The van der Waals surface area contributed by atoms with Gasteiger partial charge in [-0.3, -0.25) is 9.48 Å². The first-order valence-electron chi connectivity index (χ1n) is 5.52. The van der Waals surface area contributed by atoms with E-state index in [4.69, 9.17) is 0 Å². The molecule has 94 valence electrons. The Bertz CT molecular complexity index is 580. The highest BCUT2D eigenvalue weighted by atomic mass is 79.9. The van der Waals surface area contributed by atoms with Crippen LogP contribution in [0.4, 0.5) is 4.39 Å². The largest absolute Gasteiger partial charge is 0.294 e. The Labute approximate surface area is 113 Å². The first kappa shape index (κ1) is 13.0. The maximum absolute atomic E-state index is 13.3. The van der Waals surface area contributed by atoms with Crippen LogP contribution in [0.3, 0.4) is 0 Å². The molecule has 0 aliphatic carbocycles. The lowest BCUT2D eigenvalue weighted by Crippen LogP contribution is -2.03. The molecule has 0 N–H and O–H groups in total. The highest BCUT2D eigenvalue weighted by Gasteiger charge is 2.13.